The molecule has 0 aliphatic rings. The first-order valence-corrected chi connectivity index (χ1v) is 17.0. The zero-order valence-corrected chi connectivity index (χ0v) is 30.6. The fourth-order valence-electron chi connectivity index (χ4n) is 5.09. The summed E-state index contributed by atoms with van der Waals surface area (Å²) in [6, 6.07) is 34.8. The molecule has 16 nitrogen and oxygen atoms in total. The number of benzene rings is 6. The summed E-state index contributed by atoms with van der Waals surface area (Å²) < 4.78 is 9.20. The Hall–Kier alpha value is -8.92. The standard InChI is InChI=1S/2C16H10O7.C12H10O2/c2*17-13(18)9-5-1-3-7-11(9)15(21)23-16(22)12-8-4-2-6-10(12)14(19)20;13-11-5-1-9(2-6-11)10-3-7-12(14)8-4-10/h2*1-8H,(H,17,18)(H,19,20);1-8,13-14H. The quantitative estimate of drug-likeness (QED) is 0.0638. The Balaban J connectivity index is 0.000000205. The van der Waals surface area contributed by atoms with Crippen molar-refractivity contribution in [3.05, 3.63) is 190 Å². The molecular weight excluding hydrogens is 784 g/mol. The van der Waals surface area contributed by atoms with Gasteiger partial charge in [-0.25, -0.2) is 38.4 Å². The molecule has 302 valence electrons. The van der Waals surface area contributed by atoms with E-state index in [1.807, 2.05) is 24.3 Å². The number of hydrogen-bond acceptors (Lipinski definition) is 12. The van der Waals surface area contributed by atoms with Gasteiger partial charge in [-0.15, -0.1) is 0 Å². The normalized spacial score (nSPS) is 9.93. The number of esters is 4. The van der Waals surface area contributed by atoms with Gasteiger partial charge in [0.25, 0.3) is 0 Å². The van der Waals surface area contributed by atoms with E-state index in [-0.39, 0.29) is 56.0 Å². The number of hydrogen-bond donors (Lipinski definition) is 6. The molecule has 0 saturated heterocycles. The maximum Gasteiger partial charge on any atom is 0.346 e. The van der Waals surface area contributed by atoms with Crippen molar-refractivity contribution < 1.29 is 78.5 Å². The number of phenols is 2. The van der Waals surface area contributed by atoms with Crippen LogP contribution < -0.4 is 0 Å². The third kappa shape index (κ3) is 11.6. The van der Waals surface area contributed by atoms with Gasteiger partial charge in [0.05, 0.1) is 44.5 Å². The van der Waals surface area contributed by atoms with E-state index in [1.165, 1.54) is 97.1 Å². The number of carboxylic acids is 4. The van der Waals surface area contributed by atoms with E-state index in [1.54, 1.807) is 24.3 Å². The van der Waals surface area contributed by atoms with Crippen LogP contribution in [0.3, 0.4) is 0 Å². The van der Waals surface area contributed by atoms with Gasteiger partial charge >= 0.3 is 47.8 Å². The van der Waals surface area contributed by atoms with Crippen LogP contribution in [0, 0.1) is 0 Å². The Morgan fingerprint density at radius 3 is 0.650 bits per heavy atom. The first-order valence-electron chi connectivity index (χ1n) is 17.0. The molecule has 0 radical (unpaired) electrons. The first kappa shape index (κ1) is 43.8. The molecule has 16 heteroatoms. The van der Waals surface area contributed by atoms with Crippen LogP contribution >= 0.6 is 0 Å². The average Bonchev–Trinajstić information content (AvgIpc) is 3.24. The molecule has 6 rings (SSSR count). The van der Waals surface area contributed by atoms with E-state index in [4.69, 9.17) is 30.6 Å². The van der Waals surface area contributed by atoms with E-state index in [0.29, 0.717) is 0 Å². The zero-order chi connectivity index (χ0) is 43.9. The van der Waals surface area contributed by atoms with E-state index in [0.717, 1.165) is 11.1 Å². The summed E-state index contributed by atoms with van der Waals surface area (Å²) in [5.74, 6) is -9.58. The van der Waals surface area contributed by atoms with E-state index < -0.39 is 47.8 Å². The van der Waals surface area contributed by atoms with E-state index >= 15 is 0 Å². The predicted octanol–water partition coefficient (Wildman–Crippen LogP) is 6.93. The predicted molar refractivity (Wildman–Crippen MR) is 208 cm³/mol. The molecule has 0 fully saturated rings. The van der Waals surface area contributed by atoms with Crippen molar-refractivity contribution in [3.63, 3.8) is 0 Å². The summed E-state index contributed by atoms with van der Waals surface area (Å²) in [4.78, 5) is 92.1. The van der Waals surface area contributed by atoms with Crippen molar-refractivity contribution in [1.29, 1.82) is 0 Å². The Morgan fingerprint density at radius 1 is 0.283 bits per heavy atom. The number of ether oxygens (including phenoxy) is 2. The summed E-state index contributed by atoms with van der Waals surface area (Å²) >= 11 is 0. The SMILES string of the molecule is O=C(O)c1ccccc1C(=O)OC(=O)c1ccccc1C(=O)O.O=C(O)c1ccccc1C(=O)OC(=O)c1ccccc1C(=O)O.Oc1ccc(-c2ccc(O)cc2)cc1. The summed E-state index contributed by atoms with van der Waals surface area (Å²) in [7, 11) is 0. The van der Waals surface area contributed by atoms with Crippen LogP contribution in [0.5, 0.6) is 11.5 Å². The van der Waals surface area contributed by atoms with E-state index in [9.17, 15) is 38.4 Å². The van der Waals surface area contributed by atoms with Gasteiger partial charge in [-0.05, 0) is 83.9 Å². The largest absolute Gasteiger partial charge is 0.508 e. The highest BCUT2D eigenvalue weighted by Crippen LogP contribution is 2.23. The monoisotopic (exact) mass is 814 g/mol. The molecule has 6 aromatic carbocycles. The summed E-state index contributed by atoms with van der Waals surface area (Å²) in [5.41, 5.74) is -0.475. The van der Waals surface area contributed by atoms with Gasteiger partial charge in [-0.3, -0.25) is 0 Å². The van der Waals surface area contributed by atoms with Crippen LogP contribution in [0.25, 0.3) is 11.1 Å². The lowest BCUT2D eigenvalue weighted by Crippen LogP contribution is -2.18. The number of carbonyl (C=O) groups excluding carboxylic acids is 4. The van der Waals surface area contributed by atoms with Gasteiger partial charge in [-0.2, -0.15) is 0 Å². The third-order valence-electron chi connectivity index (χ3n) is 7.95. The van der Waals surface area contributed by atoms with Crippen LogP contribution in [0.4, 0.5) is 0 Å². The maximum absolute atomic E-state index is 12.0. The van der Waals surface area contributed by atoms with Crippen molar-refractivity contribution in [1.82, 2.24) is 0 Å². The van der Waals surface area contributed by atoms with Crippen molar-refractivity contribution in [2.24, 2.45) is 0 Å². The second-order valence-corrected chi connectivity index (χ2v) is 11.9. The molecule has 0 aliphatic carbocycles. The molecule has 0 aromatic heterocycles. The number of aromatic carboxylic acids is 4. The smallest absolute Gasteiger partial charge is 0.346 e. The Morgan fingerprint density at radius 2 is 0.467 bits per heavy atom. The van der Waals surface area contributed by atoms with Crippen LogP contribution in [0.2, 0.25) is 0 Å². The minimum atomic E-state index is -1.35. The number of aromatic hydroxyl groups is 2. The Bertz CT molecular complexity index is 2280. The van der Waals surface area contributed by atoms with Crippen LogP contribution in [0.15, 0.2) is 146 Å². The molecule has 0 saturated carbocycles. The van der Waals surface area contributed by atoms with Crippen LogP contribution in [-0.4, -0.2) is 78.4 Å². The molecular formula is C44H30O16. The van der Waals surface area contributed by atoms with Crippen LogP contribution in [-0.2, 0) is 9.47 Å². The zero-order valence-electron chi connectivity index (χ0n) is 30.6. The van der Waals surface area contributed by atoms with Crippen molar-refractivity contribution >= 4 is 47.8 Å². The molecule has 0 heterocycles. The van der Waals surface area contributed by atoms with Crippen LogP contribution in [0.1, 0.15) is 82.9 Å². The minimum absolute atomic E-state index is 0.257. The molecule has 6 N–H and O–H groups in total. The molecule has 0 atom stereocenters. The van der Waals surface area contributed by atoms with Gasteiger partial charge in [0, 0.05) is 0 Å². The lowest BCUT2D eigenvalue weighted by molar-refractivity contribution is 0.0374. The molecule has 0 bridgehead atoms. The average molecular weight is 815 g/mol. The first-order chi connectivity index (χ1) is 28.6. The number of carboxylic acid groups (broad SMARTS) is 4. The third-order valence-corrected chi connectivity index (χ3v) is 7.95. The Kier molecular flexibility index (Phi) is 14.8. The highest BCUT2D eigenvalue weighted by molar-refractivity contribution is 6.11. The number of carbonyl (C=O) groups is 8. The topological polar surface area (TPSA) is 276 Å². The fourth-order valence-corrected chi connectivity index (χ4v) is 5.09. The highest BCUT2D eigenvalue weighted by atomic mass is 16.6. The van der Waals surface area contributed by atoms with Gasteiger partial charge in [0.2, 0.25) is 0 Å². The molecule has 60 heavy (non-hydrogen) atoms. The summed E-state index contributed by atoms with van der Waals surface area (Å²) in [6.45, 7) is 0. The van der Waals surface area contributed by atoms with Gasteiger partial charge in [0.15, 0.2) is 0 Å². The second-order valence-electron chi connectivity index (χ2n) is 11.9. The van der Waals surface area contributed by atoms with Crippen molar-refractivity contribution in [3.8, 4) is 22.6 Å². The van der Waals surface area contributed by atoms with Gasteiger partial charge < -0.3 is 40.1 Å². The molecule has 0 aliphatic heterocycles. The number of rotatable bonds is 9. The lowest BCUT2D eigenvalue weighted by atomic mass is 10.1. The van der Waals surface area contributed by atoms with Crippen molar-refractivity contribution in [2.75, 3.05) is 0 Å². The highest BCUT2D eigenvalue weighted by Gasteiger charge is 2.25. The molecule has 0 unspecified atom stereocenters. The van der Waals surface area contributed by atoms with Gasteiger partial charge in [-0.1, -0.05) is 72.8 Å². The van der Waals surface area contributed by atoms with E-state index in [2.05, 4.69) is 9.47 Å². The lowest BCUT2D eigenvalue weighted by Gasteiger charge is -2.07. The number of phenolic OH excluding ortho intramolecular Hbond substituents is 2. The second kappa shape index (κ2) is 20.3. The summed E-state index contributed by atoms with van der Waals surface area (Å²) in [6.07, 6.45) is 0. The van der Waals surface area contributed by atoms with Crippen molar-refractivity contribution in [2.45, 2.75) is 0 Å². The Labute approximate surface area is 338 Å². The minimum Gasteiger partial charge on any atom is -0.508 e. The van der Waals surface area contributed by atoms with Gasteiger partial charge in [0.1, 0.15) is 11.5 Å². The summed E-state index contributed by atoms with van der Waals surface area (Å²) in [5, 5.41) is 54.3. The molecule has 6 aromatic rings. The molecule has 0 amide bonds. The fraction of sp³-hybridized carbons (Fsp3) is 0. The maximum atomic E-state index is 12.0. The molecule has 0 spiro atoms.